The van der Waals surface area contributed by atoms with Gasteiger partial charge in [0.1, 0.15) is 6.04 Å². The Kier molecular flexibility index (Phi) is 6.57. The molecule has 17 heavy (non-hydrogen) atoms. The average Bonchev–Trinajstić information content (AvgIpc) is 2.14. The molecule has 0 fully saturated rings. The zero-order chi connectivity index (χ0) is 13.6. The lowest BCUT2D eigenvalue weighted by molar-refractivity contribution is -0.138. The van der Waals surface area contributed by atoms with E-state index in [0.29, 0.717) is 6.54 Å². The molecule has 0 radical (unpaired) electrons. The predicted octanol–water partition coefficient (Wildman–Crippen LogP) is -2.14. The molecule has 0 aromatic heterocycles. The first-order valence-electron chi connectivity index (χ1n) is 5.05. The number of rotatable bonds is 8. The Balaban J connectivity index is 4.36. The quantitative estimate of drug-likeness (QED) is 0.460. The van der Waals surface area contributed by atoms with Gasteiger partial charge in [0.05, 0.1) is 0 Å². The van der Waals surface area contributed by atoms with E-state index in [1.807, 2.05) is 0 Å². The van der Waals surface area contributed by atoms with Gasteiger partial charge in [-0.25, -0.2) is 5.14 Å². The molecule has 5 N–H and O–H groups in total. The highest BCUT2D eigenvalue weighted by Crippen LogP contribution is 1.99. The lowest BCUT2D eigenvalue weighted by Gasteiger charge is -2.22. The van der Waals surface area contributed by atoms with Gasteiger partial charge in [0, 0.05) is 19.6 Å². The summed E-state index contributed by atoms with van der Waals surface area (Å²) in [6.45, 7) is 0.705. The fourth-order valence-corrected chi connectivity index (χ4v) is 1.78. The second-order valence-corrected chi connectivity index (χ2v) is 5.53. The molecule has 0 saturated carbocycles. The molecule has 0 aliphatic heterocycles. The van der Waals surface area contributed by atoms with Crippen molar-refractivity contribution < 1.29 is 18.3 Å². The molecule has 1 atom stereocenters. The Labute approximate surface area is 101 Å². The second kappa shape index (κ2) is 6.87. The summed E-state index contributed by atoms with van der Waals surface area (Å²) >= 11 is 0. The van der Waals surface area contributed by atoms with Gasteiger partial charge in [-0.2, -0.15) is 12.7 Å². The molecule has 0 heterocycles. The van der Waals surface area contributed by atoms with E-state index in [2.05, 4.69) is 0 Å². The molecule has 0 amide bonds. The van der Waals surface area contributed by atoms with Crippen LogP contribution in [0.2, 0.25) is 0 Å². The molecular weight excluding hydrogens is 248 g/mol. The van der Waals surface area contributed by atoms with E-state index in [1.54, 1.807) is 19.0 Å². The van der Waals surface area contributed by atoms with Gasteiger partial charge in [0.2, 0.25) is 0 Å². The number of likely N-dealkylation sites (N-methyl/N-ethyl adjacent to an activating group) is 1. The zero-order valence-corrected chi connectivity index (χ0v) is 10.9. The molecule has 0 aromatic carbocycles. The van der Waals surface area contributed by atoms with E-state index in [-0.39, 0.29) is 19.5 Å². The van der Waals surface area contributed by atoms with Gasteiger partial charge < -0.3 is 15.7 Å². The van der Waals surface area contributed by atoms with E-state index < -0.39 is 22.2 Å². The summed E-state index contributed by atoms with van der Waals surface area (Å²) in [5.74, 6) is -1.16. The van der Waals surface area contributed by atoms with E-state index in [0.717, 1.165) is 4.31 Å². The minimum absolute atomic E-state index is 0.000139. The Hall–Kier alpha value is -0.740. The van der Waals surface area contributed by atoms with Crippen LogP contribution in [-0.4, -0.2) is 68.5 Å². The molecule has 102 valence electrons. The van der Waals surface area contributed by atoms with Crippen LogP contribution in [0.3, 0.4) is 0 Å². The Morgan fingerprint density at radius 1 is 1.29 bits per heavy atom. The van der Waals surface area contributed by atoms with Crippen LogP contribution in [0.15, 0.2) is 0 Å². The number of carbonyl (C=O) groups is 1. The van der Waals surface area contributed by atoms with Gasteiger partial charge in [-0.15, -0.1) is 0 Å². The van der Waals surface area contributed by atoms with Crippen molar-refractivity contribution in [3.05, 3.63) is 0 Å². The van der Waals surface area contributed by atoms with Crippen molar-refractivity contribution >= 4 is 16.2 Å². The SMILES string of the molecule is CN(C)CCN(CC[C@H](N)C(=O)O)S(N)(=O)=O. The second-order valence-electron chi connectivity index (χ2n) is 3.98. The number of nitrogens with two attached hydrogens (primary N) is 2. The third kappa shape index (κ3) is 7.23. The van der Waals surface area contributed by atoms with Gasteiger partial charge in [0.15, 0.2) is 0 Å². The molecular formula is C8H20N4O4S. The van der Waals surface area contributed by atoms with E-state index >= 15 is 0 Å². The number of hydrogen-bond donors (Lipinski definition) is 3. The number of nitrogens with zero attached hydrogens (tertiary/aromatic N) is 2. The van der Waals surface area contributed by atoms with Crippen LogP contribution < -0.4 is 10.9 Å². The molecule has 0 aliphatic carbocycles. The minimum Gasteiger partial charge on any atom is -0.480 e. The Bertz CT molecular complexity index is 343. The van der Waals surface area contributed by atoms with Gasteiger partial charge in [-0.05, 0) is 20.5 Å². The van der Waals surface area contributed by atoms with Gasteiger partial charge in [-0.3, -0.25) is 4.79 Å². The highest BCUT2D eigenvalue weighted by molar-refractivity contribution is 7.86. The van der Waals surface area contributed by atoms with Crippen molar-refractivity contribution in [2.45, 2.75) is 12.5 Å². The smallest absolute Gasteiger partial charge is 0.320 e. The summed E-state index contributed by atoms with van der Waals surface area (Å²) in [5.41, 5.74) is 5.29. The number of carboxylic acid groups (broad SMARTS) is 1. The first-order chi connectivity index (χ1) is 7.64. The third-order valence-electron chi connectivity index (χ3n) is 2.16. The van der Waals surface area contributed by atoms with Crippen LogP contribution in [-0.2, 0) is 15.0 Å². The van der Waals surface area contributed by atoms with E-state index in [4.69, 9.17) is 16.0 Å². The van der Waals surface area contributed by atoms with E-state index in [1.165, 1.54) is 0 Å². The van der Waals surface area contributed by atoms with Crippen LogP contribution in [0.5, 0.6) is 0 Å². The monoisotopic (exact) mass is 268 g/mol. The molecule has 0 spiro atoms. The van der Waals surface area contributed by atoms with Gasteiger partial charge in [0.25, 0.3) is 10.2 Å². The number of aliphatic carboxylic acids is 1. The summed E-state index contributed by atoms with van der Waals surface area (Å²) in [5, 5.41) is 13.6. The van der Waals surface area contributed by atoms with Crippen molar-refractivity contribution in [3.8, 4) is 0 Å². The fraction of sp³-hybridized carbons (Fsp3) is 0.875. The fourth-order valence-electron chi connectivity index (χ4n) is 1.08. The van der Waals surface area contributed by atoms with Crippen molar-refractivity contribution in [2.24, 2.45) is 10.9 Å². The van der Waals surface area contributed by atoms with Crippen molar-refractivity contribution in [1.29, 1.82) is 0 Å². The van der Waals surface area contributed by atoms with Crippen LogP contribution >= 0.6 is 0 Å². The standard InChI is InChI=1S/C8H20N4O4S/c1-11(2)5-6-12(17(10,15)16)4-3-7(9)8(13)14/h7H,3-6,9H2,1-2H3,(H,13,14)(H2,10,15,16)/t7-/m0/s1. The summed E-state index contributed by atoms with van der Waals surface area (Å²) in [4.78, 5) is 12.3. The highest BCUT2D eigenvalue weighted by Gasteiger charge is 2.20. The lowest BCUT2D eigenvalue weighted by atomic mass is 10.2. The van der Waals surface area contributed by atoms with Crippen molar-refractivity contribution in [1.82, 2.24) is 9.21 Å². The Morgan fingerprint density at radius 2 is 1.82 bits per heavy atom. The number of hydrogen-bond acceptors (Lipinski definition) is 5. The number of carboxylic acids is 1. The average molecular weight is 268 g/mol. The highest BCUT2D eigenvalue weighted by atomic mass is 32.2. The topological polar surface area (TPSA) is 130 Å². The molecule has 0 bridgehead atoms. The summed E-state index contributed by atoms with van der Waals surface area (Å²) in [6, 6.07) is -1.08. The predicted molar refractivity (Wildman–Crippen MR) is 63.5 cm³/mol. The summed E-state index contributed by atoms with van der Waals surface area (Å²) < 4.78 is 23.5. The molecule has 0 saturated heterocycles. The Morgan fingerprint density at radius 3 is 2.18 bits per heavy atom. The zero-order valence-electron chi connectivity index (χ0n) is 10.0. The van der Waals surface area contributed by atoms with Gasteiger partial charge in [-0.1, -0.05) is 0 Å². The van der Waals surface area contributed by atoms with Crippen molar-refractivity contribution in [3.63, 3.8) is 0 Å². The summed E-state index contributed by atoms with van der Waals surface area (Å²) in [6.07, 6.45) is 0.0270. The van der Waals surface area contributed by atoms with Crippen molar-refractivity contribution in [2.75, 3.05) is 33.7 Å². The molecule has 0 rings (SSSR count). The van der Waals surface area contributed by atoms with Crippen LogP contribution in [0.1, 0.15) is 6.42 Å². The van der Waals surface area contributed by atoms with Crippen LogP contribution in [0, 0.1) is 0 Å². The normalized spacial score (nSPS) is 14.2. The maximum Gasteiger partial charge on any atom is 0.320 e. The first-order valence-corrected chi connectivity index (χ1v) is 6.56. The largest absolute Gasteiger partial charge is 0.480 e. The van der Waals surface area contributed by atoms with Crippen LogP contribution in [0.4, 0.5) is 0 Å². The molecule has 9 heteroatoms. The third-order valence-corrected chi connectivity index (χ3v) is 3.25. The van der Waals surface area contributed by atoms with Gasteiger partial charge >= 0.3 is 5.97 Å². The molecule has 8 nitrogen and oxygen atoms in total. The first kappa shape index (κ1) is 16.3. The lowest BCUT2D eigenvalue weighted by Crippen LogP contribution is -2.43. The van der Waals surface area contributed by atoms with E-state index in [9.17, 15) is 13.2 Å². The molecule has 0 aromatic rings. The minimum atomic E-state index is -3.82. The maximum absolute atomic E-state index is 11.2. The summed E-state index contributed by atoms with van der Waals surface area (Å²) in [7, 11) is -0.232. The van der Waals surface area contributed by atoms with Crippen LogP contribution in [0.25, 0.3) is 0 Å². The molecule has 0 aliphatic rings. The maximum atomic E-state index is 11.2. The molecule has 0 unspecified atom stereocenters.